The molecule has 3 aromatic rings. The average Bonchev–Trinajstić information content (AvgIpc) is 2.74. The first kappa shape index (κ1) is 20.1. The van der Waals surface area contributed by atoms with Crippen LogP contribution in [0.5, 0.6) is 11.5 Å². The predicted molar refractivity (Wildman–Crippen MR) is 105 cm³/mol. The molecule has 0 saturated heterocycles. The van der Waals surface area contributed by atoms with Gasteiger partial charge >= 0.3 is 0 Å². The summed E-state index contributed by atoms with van der Waals surface area (Å²) in [6, 6.07) is 15.9. The molecule has 2 aromatic carbocycles. The number of ether oxygens (including phenoxy) is 2. The van der Waals surface area contributed by atoms with Gasteiger partial charge in [-0.15, -0.1) is 0 Å². The Hall–Kier alpha value is -3.68. The Labute approximate surface area is 166 Å². The van der Waals surface area contributed by atoms with E-state index in [9.17, 15) is 14.0 Å². The number of hydrogen-bond acceptors (Lipinski definition) is 5. The van der Waals surface area contributed by atoms with Crippen LogP contribution < -0.4 is 20.3 Å². The lowest BCUT2D eigenvalue weighted by atomic mass is 10.1. The number of benzene rings is 2. The van der Waals surface area contributed by atoms with Crippen LogP contribution in [0.3, 0.4) is 0 Å². The molecule has 0 radical (unpaired) electrons. The first-order valence-corrected chi connectivity index (χ1v) is 8.93. The number of aromatic nitrogens is 2. The number of carbonyl (C=O) groups excluding carboxylic acids is 1. The molecule has 0 fully saturated rings. The highest BCUT2D eigenvalue weighted by Crippen LogP contribution is 2.19. The van der Waals surface area contributed by atoms with E-state index in [0.717, 1.165) is 11.3 Å². The van der Waals surface area contributed by atoms with Crippen LogP contribution in [0.25, 0.3) is 11.3 Å². The first-order chi connectivity index (χ1) is 14.0. The number of halogens is 1. The van der Waals surface area contributed by atoms with Crippen molar-refractivity contribution in [2.45, 2.75) is 6.54 Å². The van der Waals surface area contributed by atoms with Crippen LogP contribution in [0.15, 0.2) is 65.5 Å². The van der Waals surface area contributed by atoms with Crippen LogP contribution in [0.1, 0.15) is 0 Å². The van der Waals surface area contributed by atoms with Gasteiger partial charge in [0.1, 0.15) is 17.3 Å². The van der Waals surface area contributed by atoms with E-state index in [2.05, 4.69) is 10.4 Å². The maximum absolute atomic E-state index is 13.1. The lowest BCUT2D eigenvalue weighted by Crippen LogP contribution is -2.34. The summed E-state index contributed by atoms with van der Waals surface area (Å²) < 4.78 is 24.7. The standard InChI is InChI=1S/C21H20FN3O4/c1-28-17-7-5-15(6-8-17)19-9-10-21(27)25(24-19)12-11-23-20(26)14-29-18-4-2-3-16(22)13-18/h2-10,13H,11-12,14H2,1H3,(H,23,26). The summed E-state index contributed by atoms with van der Waals surface area (Å²) in [5, 5.41) is 6.98. The fraction of sp³-hybridized carbons (Fsp3) is 0.190. The molecule has 0 aliphatic carbocycles. The molecule has 0 saturated carbocycles. The number of carbonyl (C=O) groups is 1. The smallest absolute Gasteiger partial charge is 0.266 e. The van der Waals surface area contributed by atoms with Gasteiger partial charge in [0.05, 0.1) is 19.3 Å². The van der Waals surface area contributed by atoms with Gasteiger partial charge in [-0.3, -0.25) is 9.59 Å². The SMILES string of the molecule is COc1ccc(-c2ccc(=O)n(CCNC(=O)COc3cccc(F)c3)n2)cc1. The fourth-order valence-electron chi connectivity index (χ4n) is 2.58. The highest BCUT2D eigenvalue weighted by Gasteiger charge is 2.06. The van der Waals surface area contributed by atoms with Crippen molar-refractivity contribution >= 4 is 5.91 Å². The summed E-state index contributed by atoms with van der Waals surface area (Å²) in [7, 11) is 1.59. The molecule has 1 heterocycles. The van der Waals surface area contributed by atoms with Crippen molar-refractivity contribution in [3.63, 3.8) is 0 Å². The number of methoxy groups -OCH3 is 1. The monoisotopic (exact) mass is 397 g/mol. The molecule has 1 N–H and O–H groups in total. The number of rotatable bonds is 8. The molecule has 0 atom stereocenters. The normalized spacial score (nSPS) is 10.4. The second-order valence-electron chi connectivity index (χ2n) is 6.10. The van der Waals surface area contributed by atoms with E-state index >= 15 is 0 Å². The molecular formula is C21H20FN3O4. The van der Waals surface area contributed by atoms with Crippen LogP contribution >= 0.6 is 0 Å². The minimum atomic E-state index is -0.440. The molecule has 0 bridgehead atoms. The number of amides is 1. The van der Waals surface area contributed by atoms with E-state index in [-0.39, 0.29) is 36.9 Å². The van der Waals surface area contributed by atoms with Crippen molar-refractivity contribution in [2.75, 3.05) is 20.3 Å². The van der Waals surface area contributed by atoms with Gasteiger partial charge in [0.15, 0.2) is 6.61 Å². The lowest BCUT2D eigenvalue weighted by molar-refractivity contribution is -0.123. The zero-order valence-electron chi connectivity index (χ0n) is 15.8. The Balaban J connectivity index is 1.54. The van der Waals surface area contributed by atoms with E-state index in [1.54, 1.807) is 19.2 Å². The molecule has 0 spiro atoms. The summed E-state index contributed by atoms with van der Waals surface area (Å²) in [5.41, 5.74) is 1.20. The highest BCUT2D eigenvalue weighted by atomic mass is 19.1. The molecule has 0 aliphatic rings. The molecular weight excluding hydrogens is 377 g/mol. The summed E-state index contributed by atoms with van der Waals surface area (Å²) in [6.07, 6.45) is 0. The second-order valence-corrected chi connectivity index (χ2v) is 6.10. The Morgan fingerprint density at radius 2 is 1.90 bits per heavy atom. The summed E-state index contributed by atoms with van der Waals surface area (Å²) in [4.78, 5) is 23.9. The van der Waals surface area contributed by atoms with Gasteiger partial charge in [-0.2, -0.15) is 5.10 Å². The van der Waals surface area contributed by atoms with Crippen LogP contribution in [-0.2, 0) is 11.3 Å². The molecule has 0 aliphatic heterocycles. The van der Waals surface area contributed by atoms with E-state index < -0.39 is 5.82 Å². The lowest BCUT2D eigenvalue weighted by Gasteiger charge is -2.10. The Morgan fingerprint density at radius 3 is 2.62 bits per heavy atom. The van der Waals surface area contributed by atoms with E-state index in [1.807, 2.05) is 24.3 Å². The van der Waals surface area contributed by atoms with Crippen LogP contribution in [0, 0.1) is 5.82 Å². The van der Waals surface area contributed by atoms with Crippen molar-refractivity contribution in [1.82, 2.24) is 15.1 Å². The maximum atomic E-state index is 13.1. The fourth-order valence-corrected chi connectivity index (χ4v) is 2.58. The summed E-state index contributed by atoms with van der Waals surface area (Å²) in [6.45, 7) is 0.149. The van der Waals surface area contributed by atoms with E-state index in [0.29, 0.717) is 5.69 Å². The van der Waals surface area contributed by atoms with E-state index in [1.165, 1.54) is 28.9 Å². The molecule has 8 heteroatoms. The maximum Gasteiger partial charge on any atom is 0.266 e. The highest BCUT2D eigenvalue weighted by molar-refractivity contribution is 5.77. The number of nitrogens with zero attached hydrogens (tertiary/aromatic N) is 2. The van der Waals surface area contributed by atoms with Crippen LogP contribution in [0.4, 0.5) is 4.39 Å². The zero-order chi connectivity index (χ0) is 20.6. The van der Waals surface area contributed by atoms with Gasteiger partial charge in [0, 0.05) is 24.2 Å². The molecule has 29 heavy (non-hydrogen) atoms. The van der Waals surface area contributed by atoms with Crippen LogP contribution in [-0.4, -0.2) is 35.9 Å². The van der Waals surface area contributed by atoms with Crippen molar-refractivity contribution in [1.29, 1.82) is 0 Å². The van der Waals surface area contributed by atoms with Crippen molar-refractivity contribution in [3.05, 3.63) is 76.8 Å². The average molecular weight is 397 g/mol. The van der Waals surface area contributed by atoms with Gasteiger partial charge in [-0.25, -0.2) is 9.07 Å². The summed E-state index contributed by atoms with van der Waals surface area (Å²) >= 11 is 0. The third-order valence-corrected chi connectivity index (χ3v) is 4.06. The third-order valence-electron chi connectivity index (χ3n) is 4.06. The van der Waals surface area contributed by atoms with Crippen molar-refractivity contribution in [2.24, 2.45) is 0 Å². The molecule has 0 unspecified atom stereocenters. The number of hydrogen-bond donors (Lipinski definition) is 1. The molecule has 1 amide bonds. The Bertz CT molecular complexity index is 1030. The molecule has 1 aromatic heterocycles. The largest absolute Gasteiger partial charge is 0.497 e. The molecule has 150 valence electrons. The molecule has 3 rings (SSSR count). The van der Waals surface area contributed by atoms with Crippen LogP contribution in [0.2, 0.25) is 0 Å². The van der Waals surface area contributed by atoms with Gasteiger partial charge in [0.2, 0.25) is 0 Å². The quantitative estimate of drug-likeness (QED) is 0.631. The topological polar surface area (TPSA) is 82.5 Å². The van der Waals surface area contributed by atoms with Gasteiger partial charge in [-0.1, -0.05) is 6.07 Å². The minimum absolute atomic E-state index is 0.199. The van der Waals surface area contributed by atoms with E-state index in [4.69, 9.17) is 9.47 Å². The number of nitrogens with one attached hydrogen (secondary N) is 1. The van der Waals surface area contributed by atoms with Crippen molar-refractivity contribution in [3.8, 4) is 22.8 Å². The first-order valence-electron chi connectivity index (χ1n) is 8.93. The van der Waals surface area contributed by atoms with Crippen molar-refractivity contribution < 1.29 is 18.7 Å². The van der Waals surface area contributed by atoms with Gasteiger partial charge < -0.3 is 14.8 Å². The summed E-state index contributed by atoms with van der Waals surface area (Å²) in [5.74, 6) is 0.175. The third kappa shape index (κ3) is 5.65. The Kier molecular flexibility index (Phi) is 6.57. The van der Waals surface area contributed by atoms with Gasteiger partial charge in [0.25, 0.3) is 11.5 Å². The predicted octanol–water partition coefficient (Wildman–Crippen LogP) is 2.25. The zero-order valence-corrected chi connectivity index (χ0v) is 15.8. The van der Waals surface area contributed by atoms with Gasteiger partial charge in [-0.05, 0) is 42.5 Å². The molecule has 7 nitrogen and oxygen atoms in total. The minimum Gasteiger partial charge on any atom is -0.497 e. The second kappa shape index (κ2) is 9.50. The Morgan fingerprint density at radius 1 is 1.10 bits per heavy atom.